The van der Waals surface area contributed by atoms with E-state index in [2.05, 4.69) is 9.88 Å². The largest absolute Gasteiger partial charge is 0.381 e. The van der Waals surface area contributed by atoms with Crippen molar-refractivity contribution >= 4 is 5.91 Å². The first-order chi connectivity index (χ1) is 13.3. The number of amides is 1. The fraction of sp³-hybridized carbons (Fsp3) is 0.762. The molecule has 1 aromatic heterocycles. The predicted octanol–water partition coefficient (Wildman–Crippen LogP) is 2.02. The summed E-state index contributed by atoms with van der Waals surface area (Å²) < 4.78 is 5.47. The molecule has 2 fully saturated rings. The van der Waals surface area contributed by atoms with Gasteiger partial charge in [-0.2, -0.15) is 0 Å². The summed E-state index contributed by atoms with van der Waals surface area (Å²) in [4.78, 5) is 37.9. The number of hydrogen-bond donors (Lipinski definition) is 1. The molecule has 4 heterocycles. The number of ether oxygens (including phenoxy) is 1. The van der Waals surface area contributed by atoms with E-state index >= 15 is 0 Å². The Morgan fingerprint density at radius 2 is 1.93 bits per heavy atom. The van der Waals surface area contributed by atoms with Crippen molar-refractivity contribution < 1.29 is 9.53 Å². The zero-order chi connectivity index (χ0) is 19.9. The van der Waals surface area contributed by atoms with Gasteiger partial charge in [-0.15, -0.1) is 0 Å². The summed E-state index contributed by atoms with van der Waals surface area (Å²) in [5, 5.41) is 0. The van der Waals surface area contributed by atoms with Crippen LogP contribution in [0.3, 0.4) is 0 Å². The van der Waals surface area contributed by atoms with Crippen LogP contribution in [0.2, 0.25) is 0 Å². The van der Waals surface area contributed by atoms with Crippen LogP contribution in [-0.2, 0) is 22.5 Å². The Balaban J connectivity index is 1.56. The lowest BCUT2D eigenvalue weighted by molar-refractivity contribution is -0.140. The van der Waals surface area contributed by atoms with Gasteiger partial charge in [0.15, 0.2) is 0 Å². The van der Waals surface area contributed by atoms with Crippen LogP contribution in [0.1, 0.15) is 69.6 Å². The average molecular weight is 389 g/mol. The third-order valence-electron chi connectivity index (χ3n) is 6.29. The summed E-state index contributed by atoms with van der Waals surface area (Å²) in [5.41, 5.74) is 1.25. The molecule has 0 bridgehead atoms. The molecule has 7 heteroatoms. The van der Waals surface area contributed by atoms with E-state index in [1.54, 1.807) is 0 Å². The monoisotopic (exact) mass is 388 g/mol. The van der Waals surface area contributed by atoms with E-state index in [0.717, 1.165) is 69.7 Å². The molecular weight excluding hydrogens is 356 g/mol. The van der Waals surface area contributed by atoms with Crippen molar-refractivity contribution in [2.24, 2.45) is 5.41 Å². The van der Waals surface area contributed by atoms with Crippen LogP contribution in [0.15, 0.2) is 4.79 Å². The Labute approximate surface area is 166 Å². The van der Waals surface area contributed by atoms with Gasteiger partial charge in [0.1, 0.15) is 5.82 Å². The number of nitrogens with zero attached hydrogens (tertiary/aromatic N) is 3. The van der Waals surface area contributed by atoms with E-state index in [4.69, 9.17) is 9.72 Å². The quantitative estimate of drug-likeness (QED) is 0.839. The molecule has 154 valence electrons. The molecule has 3 aliphatic rings. The smallest absolute Gasteiger partial charge is 0.255 e. The van der Waals surface area contributed by atoms with Crippen molar-refractivity contribution in [1.29, 1.82) is 0 Å². The number of aromatic nitrogens is 2. The van der Waals surface area contributed by atoms with Crippen molar-refractivity contribution in [1.82, 2.24) is 19.8 Å². The Bertz CT molecular complexity index is 792. The molecule has 0 spiro atoms. The zero-order valence-corrected chi connectivity index (χ0v) is 17.3. The summed E-state index contributed by atoms with van der Waals surface area (Å²) in [5.74, 6) is 0.791. The maximum atomic E-state index is 12.9. The van der Waals surface area contributed by atoms with Gasteiger partial charge in [0.25, 0.3) is 5.56 Å². The first kappa shape index (κ1) is 19.6. The van der Waals surface area contributed by atoms with Gasteiger partial charge in [0.05, 0.1) is 17.3 Å². The molecule has 1 atom stereocenters. The number of carbonyl (C=O) groups is 1. The lowest BCUT2D eigenvalue weighted by Gasteiger charge is -2.37. The van der Waals surface area contributed by atoms with E-state index in [9.17, 15) is 9.59 Å². The second-order valence-corrected chi connectivity index (χ2v) is 9.35. The van der Waals surface area contributed by atoms with E-state index in [-0.39, 0.29) is 17.5 Å². The van der Waals surface area contributed by atoms with Gasteiger partial charge in [-0.05, 0) is 25.7 Å². The normalized spacial score (nSPS) is 24.4. The van der Waals surface area contributed by atoms with Crippen LogP contribution in [0.4, 0.5) is 0 Å². The Kier molecular flexibility index (Phi) is 5.31. The minimum atomic E-state index is -0.429. The van der Waals surface area contributed by atoms with Gasteiger partial charge in [-0.3, -0.25) is 14.5 Å². The van der Waals surface area contributed by atoms with Gasteiger partial charge in [-0.25, -0.2) is 4.98 Å². The highest BCUT2D eigenvalue weighted by molar-refractivity contribution is 5.82. The molecular formula is C21H32N4O3. The Morgan fingerprint density at radius 1 is 1.18 bits per heavy atom. The molecule has 0 radical (unpaired) electrons. The van der Waals surface area contributed by atoms with Gasteiger partial charge in [-0.1, -0.05) is 20.8 Å². The number of fused-ring (bicyclic) bond motifs is 1. The molecule has 28 heavy (non-hydrogen) atoms. The van der Waals surface area contributed by atoms with E-state index in [1.165, 1.54) is 0 Å². The zero-order valence-electron chi connectivity index (χ0n) is 17.3. The van der Waals surface area contributed by atoms with Crippen molar-refractivity contribution in [2.45, 2.75) is 71.5 Å². The second kappa shape index (κ2) is 7.59. The van der Waals surface area contributed by atoms with Gasteiger partial charge in [0.2, 0.25) is 5.91 Å². The highest BCUT2D eigenvalue weighted by Gasteiger charge is 2.37. The molecule has 7 nitrogen and oxygen atoms in total. The predicted molar refractivity (Wildman–Crippen MR) is 106 cm³/mol. The summed E-state index contributed by atoms with van der Waals surface area (Å²) in [7, 11) is 0. The van der Waals surface area contributed by atoms with E-state index in [0.29, 0.717) is 18.4 Å². The molecule has 0 saturated carbocycles. The number of likely N-dealkylation sites (tertiary alicyclic amines) is 1. The number of rotatable bonds is 2. The van der Waals surface area contributed by atoms with Crippen LogP contribution >= 0.6 is 0 Å². The fourth-order valence-corrected chi connectivity index (χ4v) is 4.71. The fourth-order valence-electron chi connectivity index (χ4n) is 4.71. The summed E-state index contributed by atoms with van der Waals surface area (Å²) in [6.45, 7) is 9.78. The molecule has 1 N–H and O–H groups in total. The topological polar surface area (TPSA) is 78.5 Å². The molecule has 2 saturated heterocycles. The van der Waals surface area contributed by atoms with Gasteiger partial charge >= 0.3 is 0 Å². The van der Waals surface area contributed by atoms with Crippen LogP contribution in [0, 0.1) is 5.41 Å². The number of H-pyrrole nitrogens is 1. The van der Waals surface area contributed by atoms with Crippen molar-refractivity contribution in [3.05, 3.63) is 27.4 Å². The minimum absolute atomic E-state index is 0.0354. The van der Waals surface area contributed by atoms with Crippen molar-refractivity contribution in [3.8, 4) is 0 Å². The lowest BCUT2D eigenvalue weighted by Crippen LogP contribution is -2.45. The van der Waals surface area contributed by atoms with E-state index in [1.807, 2.05) is 25.7 Å². The van der Waals surface area contributed by atoms with E-state index < -0.39 is 5.41 Å². The standard InChI is InChI=1S/C21H32N4O3/c1-21(2,3)20(27)25-9-4-5-17(25)18-22-16-6-10-24(13-15(16)19(26)23-18)14-7-11-28-12-8-14/h14,17H,4-13H2,1-3H3,(H,22,23,26)/t17-/m1/s1. The summed E-state index contributed by atoms with van der Waals surface area (Å²) in [6, 6.07) is 0.383. The van der Waals surface area contributed by atoms with Crippen LogP contribution in [-0.4, -0.2) is 58.0 Å². The molecule has 1 amide bonds. The van der Waals surface area contributed by atoms with Crippen LogP contribution < -0.4 is 5.56 Å². The highest BCUT2D eigenvalue weighted by Crippen LogP contribution is 2.34. The Morgan fingerprint density at radius 3 is 2.64 bits per heavy atom. The summed E-state index contributed by atoms with van der Waals surface area (Å²) >= 11 is 0. The van der Waals surface area contributed by atoms with Crippen molar-refractivity contribution in [3.63, 3.8) is 0 Å². The molecule has 0 unspecified atom stereocenters. The highest BCUT2D eigenvalue weighted by atomic mass is 16.5. The third kappa shape index (κ3) is 3.74. The minimum Gasteiger partial charge on any atom is -0.381 e. The lowest BCUT2D eigenvalue weighted by atomic mass is 9.94. The number of hydrogen-bond acceptors (Lipinski definition) is 5. The maximum absolute atomic E-state index is 12.9. The van der Waals surface area contributed by atoms with Crippen molar-refractivity contribution in [2.75, 3.05) is 26.3 Å². The first-order valence-corrected chi connectivity index (χ1v) is 10.6. The van der Waals surface area contributed by atoms with Crippen LogP contribution in [0.5, 0.6) is 0 Å². The Hall–Kier alpha value is -1.73. The number of nitrogens with one attached hydrogen (secondary N) is 1. The molecule has 4 rings (SSSR count). The number of aromatic amines is 1. The molecule has 0 aromatic carbocycles. The van der Waals surface area contributed by atoms with Gasteiger partial charge < -0.3 is 14.6 Å². The number of carbonyl (C=O) groups excluding carboxylic acids is 1. The first-order valence-electron chi connectivity index (χ1n) is 10.6. The molecule has 3 aliphatic heterocycles. The molecule has 1 aromatic rings. The maximum Gasteiger partial charge on any atom is 0.255 e. The average Bonchev–Trinajstić information content (AvgIpc) is 3.16. The SMILES string of the molecule is CC(C)(C)C(=O)N1CCC[C@@H]1c1nc2c(c(=O)[nH]1)CN(C1CCOCC1)CC2. The second-order valence-electron chi connectivity index (χ2n) is 9.35. The summed E-state index contributed by atoms with van der Waals surface area (Å²) in [6.07, 6.45) is 4.67. The van der Waals surface area contributed by atoms with Crippen LogP contribution in [0.25, 0.3) is 0 Å². The van der Waals surface area contributed by atoms with Gasteiger partial charge in [0, 0.05) is 50.7 Å². The molecule has 0 aliphatic carbocycles. The third-order valence-corrected chi connectivity index (χ3v) is 6.29.